The predicted octanol–water partition coefficient (Wildman–Crippen LogP) is 1.66. The summed E-state index contributed by atoms with van der Waals surface area (Å²) < 4.78 is 18.6. The monoisotopic (exact) mass is 427 g/mol. The number of aromatic nitrogens is 2. The van der Waals surface area contributed by atoms with E-state index in [0.29, 0.717) is 28.6 Å². The zero-order chi connectivity index (χ0) is 22.9. The average Bonchev–Trinajstić information content (AvgIpc) is 2.78. The minimum absolute atomic E-state index is 0.00964. The third-order valence-electron chi connectivity index (χ3n) is 5.29. The fourth-order valence-corrected chi connectivity index (χ4v) is 3.75. The van der Waals surface area contributed by atoms with Crippen molar-refractivity contribution in [3.8, 4) is 11.5 Å². The highest BCUT2D eigenvalue weighted by Crippen LogP contribution is 2.44. The third-order valence-corrected chi connectivity index (χ3v) is 5.29. The van der Waals surface area contributed by atoms with E-state index >= 15 is 0 Å². The smallest absolute Gasteiger partial charge is 0.337 e. The maximum absolute atomic E-state index is 13.3. The molecule has 0 radical (unpaired) electrons. The van der Waals surface area contributed by atoms with Crippen LogP contribution in [0.2, 0.25) is 0 Å². The van der Waals surface area contributed by atoms with E-state index in [1.54, 1.807) is 32.2 Å². The quantitative estimate of drug-likeness (QED) is 0.553. The van der Waals surface area contributed by atoms with Crippen molar-refractivity contribution in [1.82, 2.24) is 9.13 Å². The van der Waals surface area contributed by atoms with Crippen LogP contribution in [0.25, 0.3) is 0 Å². The molecule has 0 fully saturated rings. The van der Waals surface area contributed by atoms with Gasteiger partial charge in [0.1, 0.15) is 23.9 Å². The lowest BCUT2D eigenvalue weighted by Crippen LogP contribution is -2.43. The van der Waals surface area contributed by atoms with Crippen molar-refractivity contribution in [2.75, 3.05) is 26.1 Å². The number of fused-ring (bicyclic) bond motifs is 1. The highest BCUT2D eigenvalue weighted by atomic mass is 16.5. The van der Waals surface area contributed by atoms with E-state index in [-0.39, 0.29) is 17.7 Å². The number of hydrogen-bond donors (Lipinski definition) is 1. The first-order valence-electron chi connectivity index (χ1n) is 9.54. The lowest BCUT2D eigenvalue weighted by atomic mass is 9.81. The molecule has 2 heterocycles. The van der Waals surface area contributed by atoms with E-state index in [0.717, 1.165) is 4.57 Å². The van der Waals surface area contributed by atoms with Crippen LogP contribution < -0.4 is 26.0 Å². The maximum Gasteiger partial charge on any atom is 0.337 e. The van der Waals surface area contributed by atoms with Gasteiger partial charge in [-0.25, -0.2) is 9.59 Å². The molecule has 31 heavy (non-hydrogen) atoms. The molecule has 0 bridgehead atoms. The summed E-state index contributed by atoms with van der Waals surface area (Å²) in [5.41, 5.74) is 0.439. The molecule has 1 N–H and O–H groups in total. The first kappa shape index (κ1) is 21.9. The predicted molar refractivity (Wildman–Crippen MR) is 116 cm³/mol. The molecule has 3 rings (SSSR count). The van der Waals surface area contributed by atoms with Crippen LogP contribution in [0.1, 0.15) is 24.0 Å². The molecule has 1 aromatic heterocycles. The number of esters is 1. The van der Waals surface area contributed by atoms with Gasteiger partial charge in [0.2, 0.25) is 0 Å². The number of nitrogens with zero attached hydrogens (tertiary/aromatic N) is 2. The molecule has 1 unspecified atom stereocenters. The fraction of sp³-hybridized carbons (Fsp3) is 0.318. The van der Waals surface area contributed by atoms with Crippen molar-refractivity contribution >= 4 is 11.8 Å². The van der Waals surface area contributed by atoms with Gasteiger partial charge >= 0.3 is 11.7 Å². The molecule has 0 aliphatic carbocycles. The number of ether oxygens (including phenoxy) is 3. The summed E-state index contributed by atoms with van der Waals surface area (Å²) in [6.45, 7) is 5.27. The van der Waals surface area contributed by atoms with E-state index < -0.39 is 23.1 Å². The zero-order valence-electron chi connectivity index (χ0n) is 18.1. The molecule has 0 spiro atoms. The lowest BCUT2D eigenvalue weighted by Gasteiger charge is -2.31. The van der Waals surface area contributed by atoms with Crippen LogP contribution in [-0.4, -0.2) is 35.9 Å². The topological polar surface area (TPSA) is 101 Å². The summed E-state index contributed by atoms with van der Waals surface area (Å²) in [6.07, 6.45) is 1.46. The van der Waals surface area contributed by atoms with Gasteiger partial charge in [0.05, 0.1) is 31.3 Å². The van der Waals surface area contributed by atoms with E-state index in [1.807, 2.05) is 0 Å². The Morgan fingerprint density at radius 3 is 2.52 bits per heavy atom. The van der Waals surface area contributed by atoms with Gasteiger partial charge in [-0.2, -0.15) is 0 Å². The Hall–Kier alpha value is -3.75. The molecule has 0 saturated heterocycles. The Bertz CT molecular complexity index is 1200. The second-order valence-electron chi connectivity index (χ2n) is 7.06. The molecule has 1 aliphatic rings. The van der Waals surface area contributed by atoms with Crippen LogP contribution in [0.3, 0.4) is 0 Å². The van der Waals surface area contributed by atoms with Gasteiger partial charge < -0.3 is 19.5 Å². The lowest BCUT2D eigenvalue weighted by molar-refractivity contribution is -0.138. The van der Waals surface area contributed by atoms with Crippen molar-refractivity contribution in [3.05, 3.63) is 74.1 Å². The highest BCUT2D eigenvalue weighted by molar-refractivity contribution is 5.94. The van der Waals surface area contributed by atoms with E-state index in [1.165, 1.54) is 31.9 Å². The SMILES string of the molecule is C=CCOC(=O)C1=C(C)Nc2c(c(=O)n(C)c(=O)n2C)C1c1cc(OC)ccc1OC. The van der Waals surface area contributed by atoms with Crippen molar-refractivity contribution in [2.45, 2.75) is 12.8 Å². The summed E-state index contributed by atoms with van der Waals surface area (Å²) >= 11 is 0. The van der Waals surface area contributed by atoms with Gasteiger partial charge in [-0.05, 0) is 25.1 Å². The van der Waals surface area contributed by atoms with Crippen molar-refractivity contribution < 1.29 is 19.0 Å². The minimum atomic E-state index is -0.857. The number of nitrogens with one attached hydrogen (secondary N) is 1. The van der Waals surface area contributed by atoms with Gasteiger partial charge in [-0.3, -0.25) is 13.9 Å². The number of allylic oxidation sites excluding steroid dienone is 1. The largest absolute Gasteiger partial charge is 0.497 e. The van der Waals surface area contributed by atoms with Gasteiger partial charge in [0, 0.05) is 25.4 Å². The number of methoxy groups -OCH3 is 2. The van der Waals surface area contributed by atoms with Gasteiger partial charge in [0.15, 0.2) is 0 Å². The van der Waals surface area contributed by atoms with Gasteiger partial charge in [-0.1, -0.05) is 12.7 Å². The summed E-state index contributed by atoms with van der Waals surface area (Å²) in [4.78, 5) is 38.8. The van der Waals surface area contributed by atoms with Crippen molar-refractivity contribution in [3.63, 3.8) is 0 Å². The number of benzene rings is 1. The van der Waals surface area contributed by atoms with E-state index in [2.05, 4.69) is 11.9 Å². The van der Waals surface area contributed by atoms with Crippen LogP contribution in [0.5, 0.6) is 11.5 Å². The summed E-state index contributed by atoms with van der Waals surface area (Å²) in [5, 5.41) is 3.04. The highest BCUT2D eigenvalue weighted by Gasteiger charge is 2.39. The average molecular weight is 427 g/mol. The standard InChI is InChI=1S/C22H25N3O6/c1-7-10-31-21(27)16-12(2)23-19-18(20(26)25(4)22(28)24(19)3)17(16)14-11-13(29-5)8-9-15(14)30-6/h7-9,11,17,23H,1,10H2,2-6H3. The molecule has 9 heteroatoms. The molecule has 1 atom stereocenters. The number of anilines is 1. The molecule has 9 nitrogen and oxygen atoms in total. The molecular weight excluding hydrogens is 402 g/mol. The Labute approximate surface area is 179 Å². The summed E-state index contributed by atoms with van der Waals surface area (Å²) in [5.74, 6) is -0.184. The molecule has 0 amide bonds. The Morgan fingerprint density at radius 1 is 1.19 bits per heavy atom. The number of carbonyl (C=O) groups excluding carboxylic acids is 1. The molecule has 164 valence electrons. The summed E-state index contributed by atoms with van der Waals surface area (Å²) in [6, 6.07) is 5.12. The number of rotatable bonds is 6. The van der Waals surface area contributed by atoms with Crippen LogP contribution in [0, 0.1) is 0 Å². The normalized spacial score (nSPS) is 15.1. The molecule has 0 saturated carbocycles. The first-order valence-corrected chi connectivity index (χ1v) is 9.54. The van der Waals surface area contributed by atoms with Gasteiger partial charge in [0.25, 0.3) is 5.56 Å². The Kier molecular flexibility index (Phi) is 6.05. The second kappa shape index (κ2) is 8.55. The molecule has 1 aliphatic heterocycles. The fourth-order valence-electron chi connectivity index (χ4n) is 3.75. The molecule has 1 aromatic carbocycles. The van der Waals surface area contributed by atoms with E-state index in [9.17, 15) is 14.4 Å². The number of hydrogen-bond acceptors (Lipinski definition) is 7. The van der Waals surface area contributed by atoms with Crippen molar-refractivity contribution in [1.29, 1.82) is 0 Å². The Morgan fingerprint density at radius 2 is 1.90 bits per heavy atom. The van der Waals surface area contributed by atoms with Crippen molar-refractivity contribution in [2.24, 2.45) is 14.1 Å². The zero-order valence-corrected chi connectivity index (χ0v) is 18.1. The number of carbonyl (C=O) groups is 1. The van der Waals surface area contributed by atoms with Crippen LogP contribution in [-0.2, 0) is 23.6 Å². The molecular formula is C22H25N3O6. The van der Waals surface area contributed by atoms with Gasteiger partial charge in [-0.15, -0.1) is 0 Å². The van der Waals surface area contributed by atoms with Crippen LogP contribution >= 0.6 is 0 Å². The minimum Gasteiger partial charge on any atom is -0.497 e. The second-order valence-corrected chi connectivity index (χ2v) is 7.06. The first-order chi connectivity index (χ1) is 14.8. The molecule has 2 aromatic rings. The summed E-state index contributed by atoms with van der Waals surface area (Å²) in [7, 11) is 5.97. The van der Waals surface area contributed by atoms with E-state index in [4.69, 9.17) is 14.2 Å². The Balaban J connectivity index is 2.42. The van der Waals surface area contributed by atoms with Crippen LogP contribution in [0.4, 0.5) is 5.82 Å². The van der Waals surface area contributed by atoms with Crippen LogP contribution in [0.15, 0.2) is 51.7 Å². The maximum atomic E-state index is 13.3. The third kappa shape index (κ3) is 3.63.